The number of carbonyl (C=O) groups excluding carboxylic acids is 1. The first-order valence-corrected chi connectivity index (χ1v) is 6.29. The van der Waals surface area contributed by atoms with Gasteiger partial charge >= 0.3 is 0 Å². The number of thioether (sulfide) groups is 1. The fourth-order valence-corrected chi connectivity index (χ4v) is 2.20. The van der Waals surface area contributed by atoms with Gasteiger partial charge < -0.3 is 10.6 Å². The predicted molar refractivity (Wildman–Crippen MR) is 60.4 cm³/mol. The first kappa shape index (κ1) is 11.8. The number of carbonyl (C=O) groups is 1. The van der Waals surface area contributed by atoms with E-state index in [0.29, 0.717) is 0 Å². The lowest BCUT2D eigenvalue weighted by molar-refractivity contribution is -0.122. The van der Waals surface area contributed by atoms with E-state index in [1.165, 1.54) is 0 Å². The minimum atomic E-state index is 0.0196. The van der Waals surface area contributed by atoms with E-state index in [0.717, 1.165) is 37.7 Å². The van der Waals surface area contributed by atoms with Gasteiger partial charge in [0.2, 0.25) is 5.91 Å². The molecule has 4 nitrogen and oxygen atoms in total. The Labute approximate surface area is 89.6 Å². The van der Waals surface area contributed by atoms with Crippen LogP contribution in [0.2, 0.25) is 0 Å². The van der Waals surface area contributed by atoms with E-state index in [1.54, 1.807) is 11.8 Å². The molecule has 0 aromatic rings. The van der Waals surface area contributed by atoms with Crippen LogP contribution in [0.15, 0.2) is 0 Å². The molecule has 0 aromatic heterocycles. The molecule has 1 heterocycles. The van der Waals surface area contributed by atoms with Gasteiger partial charge in [-0.15, -0.1) is 11.8 Å². The summed E-state index contributed by atoms with van der Waals surface area (Å²) in [6.07, 6.45) is 1.13. The first-order chi connectivity index (χ1) is 6.84. The van der Waals surface area contributed by atoms with Gasteiger partial charge in [-0.05, 0) is 13.0 Å². The highest BCUT2D eigenvalue weighted by Gasteiger charge is 2.21. The molecule has 0 unspecified atom stereocenters. The van der Waals surface area contributed by atoms with E-state index in [2.05, 4.69) is 22.9 Å². The Hall–Kier alpha value is -0.260. The third kappa shape index (κ3) is 4.30. The average Bonchev–Trinajstić information content (AvgIpc) is 2.70. The molecule has 1 aliphatic rings. The lowest BCUT2D eigenvalue weighted by atomic mass is 10.3. The van der Waals surface area contributed by atoms with Crippen LogP contribution in [-0.4, -0.2) is 43.2 Å². The summed E-state index contributed by atoms with van der Waals surface area (Å²) < 4.78 is 0. The van der Waals surface area contributed by atoms with Crippen LogP contribution in [0.4, 0.5) is 0 Å². The Balaban J connectivity index is 1.97. The maximum absolute atomic E-state index is 11.5. The third-order valence-electron chi connectivity index (χ3n) is 2.06. The highest BCUT2D eigenvalue weighted by molar-refractivity contribution is 7.99. The van der Waals surface area contributed by atoms with Crippen LogP contribution < -0.4 is 16.0 Å². The minimum Gasteiger partial charge on any atom is -0.353 e. The van der Waals surface area contributed by atoms with Crippen molar-refractivity contribution in [2.45, 2.75) is 19.4 Å². The Morgan fingerprint density at radius 2 is 2.36 bits per heavy atom. The molecule has 0 saturated carbocycles. The van der Waals surface area contributed by atoms with Crippen molar-refractivity contribution in [1.82, 2.24) is 16.0 Å². The van der Waals surface area contributed by atoms with Gasteiger partial charge in [-0.3, -0.25) is 10.1 Å². The summed E-state index contributed by atoms with van der Waals surface area (Å²) in [6, 6.07) is 0.0196. The quantitative estimate of drug-likeness (QED) is 0.538. The van der Waals surface area contributed by atoms with Crippen LogP contribution >= 0.6 is 11.8 Å². The highest BCUT2D eigenvalue weighted by Crippen LogP contribution is 2.08. The van der Waals surface area contributed by atoms with Crippen LogP contribution in [0.3, 0.4) is 0 Å². The second kappa shape index (κ2) is 7.09. The molecule has 14 heavy (non-hydrogen) atoms. The highest BCUT2D eigenvalue weighted by atomic mass is 32.2. The smallest absolute Gasteiger partial charge is 0.238 e. The molecule has 1 fully saturated rings. The van der Waals surface area contributed by atoms with Crippen molar-refractivity contribution in [2.24, 2.45) is 0 Å². The molecular weight excluding hydrogens is 198 g/mol. The van der Waals surface area contributed by atoms with Crippen molar-refractivity contribution in [1.29, 1.82) is 0 Å². The Morgan fingerprint density at radius 1 is 1.50 bits per heavy atom. The Kier molecular flexibility index (Phi) is 5.98. The van der Waals surface area contributed by atoms with E-state index >= 15 is 0 Å². The molecule has 0 radical (unpaired) electrons. The van der Waals surface area contributed by atoms with Crippen molar-refractivity contribution in [3.63, 3.8) is 0 Å². The third-order valence-corrected chi connectivity index (χ3v) is 3.00. The summed E-state index contributed by atoms with van der Waals surface area (Å²) in [6.45, 7) is 4.74. The van der Waals surface area contributed by atoms with Gasteiger partial charge in [0, 0.05) is 24.7 Å². The zero-order valence-electron chi connectivity index (χ0n) is 8.64. The number of hydrogen-bond acceptors (Lipinski definition) is 4. The van der Waals surface area contributed by atoms with Crippen LogP contribution in [0.25, 0.3) is 0 Å². The molecule has 1 aliphatic heterocycles. The molecular formula is C9H19N3OS. The summed E-state index contributed by atoms with van der Waals surface area (Å²) in [5.41, 5.74) is 0. The van der Waals surface area contributed by atoms with Crippen LogP contribution in [-0.2, 0) is 4.79 Å². The lowest BCUT2D eigenvalue weighted by Gasteiger charge is -2.10. The molecule has 3 N–H and O–H groups in total. The van der Waals surface area contributed by atoms with Gasteiger partial charge in [0.1, 0.15) is 0 Å². The fraction of sp³-hybridized carbons (Fsp3) is 0.889. The van der Waals surface area contributed by atoms with E-state index in [4.69, 9.17) is 0 Å². The normalized spacial score (nSPS) is 21.1. The van der Waals surface area contributed by atoms with E-state index in [1.807, 2.05) is 0 Å². The minimum absolute atomic E-state index is 0.0196. The number of amides is 1. The summed E-state index contributed by atoms with van der Waals surface area (Å²) in [5.74, 6) is 1.92. The van der Waals surface area contributed by atoms with Crippen molar-refractivity contribution in [3.8, 4) is 0 Å². The summed E-state index contributed by atoms with van der Waals surface area (Å²) in [7, 11) is 0. The van der Waals surface area contributed by atoms with Gasteiger partial charge in [-0.25, -0.2) is 0 Å². The van der Waals surface area contributed by atoms with Gasteiger partial charge in [0.25, 0.3) is 0 Å². The predicted octanol–water partition coefficient (Wildman–Crippen LogP) is -0.235. The lowest BCUT2D eigenvalue weighted by Crippen LogP contribution is -2.44. The largest absolute Gasteiger partial charge is 0.353 e. The first-order valence-electron chi connectivity index (χ1n) is 5.14. The zero-order valence-corrected chi connectivity index (χ0v) is 9.45. The van der Waals surface area contributed by atoms with Gasteiger partial charge in [0.05, 0.1) is 6.04 Å². The van der Waals surface area contributed by atoms with Gasteiger partial charge in [-0.1, -0.05) is 6.92 Å². The zero-order chi connectivity index (χ0) is 10.2. The fourth-order valence-electron chi connectivity index (χ4n) is 1.26. The second-order valence-corrected chi connectivity index (χ2v) is 4.34. The monoisotopic (exact) mass is 217 g/mol. The maximum atomic E-state index is 11.5. The average molecular weight is 217 g/mol. The molecule has 1 atom stereocenters. The SMILES string of the molecule is CCCNCCNC(=O)[C@H]1CSCN1. The Morgan fingerprint density at radius 3 is 3.00 bits per heavy atom. The molecule has 5 heteroatoms. The second-order valence-electron chi connectivity index (χ2n) is 3.31. The standard InChI is InChI=1S/C9H19N3OS/c1-2-3-10-4-5-11-9(13)8-6-14-7-12-8/h8,10,12H,2-7H2,1H3,(H,11,13)/t8-/m1/s1. The van der Waals surface area contributed by atoms with Crippen LogP contribution in [0.1, 0.15) is 13.3 Å². The van der Waals surface area contributed by atoms with Gasteiger partial charge in [-0.2, -0.15) is 0 Å². The number of hydrogen-bond donors (Lipinski definition) is 3. The van der Waals surface area contributed by atoms with Crippen molar-refractivity contribution in [2.75, 3.05) is 31.3 Å². The molecule has 1 saturated heterocycles. The van der Waals surface area contributed by atoms with Crippen LogP contribution in [0.5, 0.6) is 0 Å². The Bertz CT molecular complexity index is 171. The van der Waals surface area contributed by atoms with E-state index < -0.39 is 0 Å². The van der Waals surface area contributed by atoms with Crippen molar-refractivity contribution >= 4 is 17.7 Å². The number of rotatable bonds is 6. The molecule has 0 bridgehead atoms. The summed E-state index contributed by atoms with van der Waals surface area (Å²) in [5, 5.41) is 9.29. The van der Waals surface area contributed by atoms with Gasteiger partial charge in [0.15, 0.2) is 0 Å². The van der Waals surface area contributed by atoms with Crippen LogP contribution in [0, 0.1) is 0 Å². The topological polar surface area (TPSA) is 53.2 Å². The summed E-state index contributed by atoms with van der Waals surface area (Å²) in [4.78, 5) is 11.5. The number of nitrogens with one attached hydrogen (secondary N) is 3. The van der Waals surface area contributed by atoms with E-state index in [-0.39, 0.29) is 11.9 Å². The molecule has 1 amide bonds. The maximum Gasteiger partial charge on any atom is 0.238 e. The molecule has 1 rings (SSSR count). The molecule has 82 valence electrons. The molecule has 0 aromatic carbocycles. The van der Waals surface area contributed by atoms with Crippen molar-refractivity contribution in [3.05, 3.63) is 0 Å². The van der Waals surface area contributed by atoms with E-state index in [9.17, 15) is 4.79 Å². The molecule has 0 spiro atoms. The molecule has 0 aliphatic carbocycles. The summed E-state index contributed by atoms with van der Waals surface area (Å²) >= 11 is 1.77. The van der Waals surface area contributed by atoms with Crippen molar-refractivity contribution < 1.29 is 4.79 Å².